The van der Waals surface area contributed by atoms with Crippen LogP contribution in [0.5, 0.6) is 0 Å². The Morgan fingerprint density at radius 2 is 1.93 bits per heavy atom. The number of likely N-dealkylation sites (N-methyl/N-ethyl adjacent to an activating group) is 1. The number of fused-ring (bicyclic) bond motifs is 1. The van der Waals surface area contributed by atoms with Crippen LogP contribution in [0.3, 0.4) is 0 Å². The lowest BCUT2D eigenvalue weighted by atomic mass is 9.99. The van der Waals surface area contributed by atoms with Crippen LogP contribution in [0.1, 0.15) is 52.0 Å². The molecule has 8 heteroatoms. The third-order valence-electron chi connectivity index (χ3n) is 4.90. The number of carbonyl (C=O) groups is 4. The molecule has 1 atom stereocenters. The Labute approximate surface area is 171 Å². The highest BCUT2D eigenvalue weighted by molar-refractivity contribution is 6.23. The summed E-state index contributed by atoms with van der Waals surface area (Å²) in [6.45, 7) is 2.14. The molecule has 2 N–H and O–H groups in total. The van der Waals surface area contributed by atoms with E-state index < -0.39 is 23.8 Å². The molecule has 158 valence electrons. The van der Waals surface area contributed by atoms with Crippen LogP contribution in [0, 0.1) is 0 Å². The highest BCUT2D eigenvalue weighted by Crippen LogP contribution is 2.29. The van der Waals surface area contributed by atoms with Crippen molar-refractivity contribution in [1.82, 2.24) is 15.5 Å². The summed E-state index contributed by atoms with van der Waals surface area (Å²) in [5, 5.41) is 5.53. The molecule has 3 amide bonds. The maximum absolute atomic E-state index is 13.1. The molecule has 1 unspecified atom stereocenters. The predicted molar refractivity (Wildman–Crippen MR) is 108 cm³/mol. The van der Waals surface area contributed by atoms with Crippen molar-refractivity contribution in [2.24, 2.45) is 0 Å². The zero-order valence-electron chi connectivity index (χ0n) is 17.0. The summed E-state index contributed by atoms with van der Waals surface area (Å²) < 4.78 is 5.59. The van der Waals surface area contributed by atoms with Crippen molar-refractivity contribution in [3.05, 3.63) is 34.9 Å². The summed E-state index contributed by atoms with van der Waals surface area (Å²) in [5.41, 5.74) is 1.43. The molecule has 0 bridgehead atoms. The van der Waals surface area contributed by atoms with Crippen LogP contribution in [0.25, 0.3) is 0 Å². The summed E-state index contributed by atoms with van der Waals surface area (Å²) in [6, 6.07) is 4.18. The number of carbonyl (C=O) groups excluding carboxylic acids is 4. The molecule has 1 aromatic rings. The summed E-state index contributed by atoms with van der Waals surface area (Å²) in [7, 11) is 3.33. The van der Waals surface area contributed by atoms with Gasteiger partial charge in [-0.3, -0.25) is 19.3 Å². The number of imide groups is 1. The van der Waals surface area contributed by atoms with Crippen LogP contribution >= 0.6 is 0 Å². The number of amides is 3. The molecule has 0 aromatic heterocycles. The number of rotatable bonds is 13. The van der Waals surface area contributed by atoms with Gasteiger partial charge < -0.3 is 20.2 Å². The Morgan fingerprint density at radius 1 is 1.17 bits per heavy atom. The molecule has 0 radical (unpaired) electrons. The van der Waals surface area contributed by atoms with Gasteiger partial charge in [0, 0.05) is 26.7 Å². The third kappa shape index (κ3) is 5.48. The molecule has 29 heavy (non-hydrogen) atoms. The Morgan fingerprint density at radius 3 is 2.62 bits per heavy atom. The predicted octanol–water partition coefficient (Wildman–Crippen LogP) is 0.935. The van der Waals surface area contributed by atoms with Gasteiger partial charge >= 0.3 is 0 Å². The van der Waals surface area contributed by atoms with Crippen LogP contribution in [0.15, 0.2) is 18.2 Å². The quantitative estimate of drug-likeness (QED) is 0.288. The van der Waals surface area contributed by atoms with Crippen LogP contribution in [0.2, 0.25) is 0 Å². The number of aryl methyl sites for hydroxylation is 1. The topological polar surface area (TPSA) is 105 Å². The first-order valence-electron chi connectivity index (χ1n) is 9.94. The number of benzene rings is 1. The SMILES string of the molecule is CNCCCOCCCc1cccc2c1C(=O)N(C(CCC=O)C(=O)NC)C2=O. The van der Waals surface area contributed by atoms with E-state index in [1.165, 1.54) is 7.05 Å². The van der Waals surface area contributed by atoms with Gasteiger partial charge in [0.2, 0.25) is 5.91 Å². The molecule has 0 saturated heterocycles. The molecule has 0 spiro atoms. The normalized spacial score (nSPS) is 14.1. The fourth-order valence-corrected chi connectivity index (χ4v) is 3.45. The maximum atomic E-state index is 13.1. The van der Waals surface area contributed by atoms with Gasteiger partial charge in [-0.15, -0.1) is 0 Å². The molecule has 8 nitrogen and oxygen atoms in total. The smallest absolute Gasteiger partial charge is 0.262 e. The molecular weight excluding hydrogens is 374 g/mol. The van der Waals surface area contributed by atoms with Crippen molar-refractivity contribution in [3.63, 3.8) is 0 Å². The second-order valence-electron chi connectivity index (χ2n) is 6.87. The third-order valence-corrected chi connectivity index (χ3v) is 4.90. The lowest BCUT2D eigenvalue weighted by molar-refractivity contribution is -0.124. The van der Waals surface area contributed by atoms with Crippen molar-refractivity contribution in [2.75, 3.05) is 33.9 Å². The summed E-state index contributed by atoms with van der Waals surface area (Å²) in [5.74, 6) is -1.43. The van der Waals surface area contributed by atoms with E-state index in [1.807, 2.05) is 13.1 Å². The molecule has 2 rings (SSSR count). The van der Waals surface area contributed by atoms with Gasteiger partial charge in [-0.1, -0.05) is 12.1 Å². The number of aldehydes is 1. The monoisotopic (exact) mass is 403 g/mol. The average Bonchev–Trinajstić information content (AvgIpc) is 2.99. The number of nitrogens with zero attached hydrogens (tertiary/aromatic N) is 1. The second kappa shape index (κ2) is 11.4. The first-order valence-corrected chi connectivity index (χ1v) is 9.94. The fourth-order valence-electron chi connectivity index (χ4n) is 3.45. The Bertz CT molecular complexity index is 750. The van der Waals surface area contributed by atoms with Crippen molar-refractivity contribution < 1.29 is 23.9 Å². The zero-order valence-corrected chi connectivity index (χ0v) is 17.0. The maximum Gasteiger partial charge on any atom is 0.262 e. The minimum absolute atomic E-state index is 0.0865. The largest absolute Gasteiger partial charge is 0.381 e. The highest BCUT2D eigenvalue weighted by Gasteiger charge is 2.43. The first kappa shape index (κ1) is 22.7. The van der Waals surface area contributed by atoms with Gasteiger partial charge in [0.1, 0.15) is 12.3 Å². The van der Waals surface area contributed by atoms with Gasteiger partial charge in [0.15, 0.2) is 0 Å². The number of ether oxygens (including phenoxy) is 1. The van der Waals surface area contributed by atoms with Crippen molar-refractivity contribution >= 4 is 24.0 Å². The zero-order chi connectivity index (χ0) is 21.2. The molecule has 1 aromatic carbocycles. The molecule has 0 saturated carbocycles. The van der Waals surface area contributed by atoms with Gasteiger partial charge in [0.25, 0.3) is 11.8 Å². The standard InChI is InChI=1S/C21H29N3O5/c1-22-11-6-14-29-13-5-8-15-7-3-9-16-18(15)21(28)24(20(16)27)17(10-4-12-25)19(26)23-2/h3,7,9,12,17,22H,4-6,8,10-11,13-14H2,1-2H3,(H,23,26). The van der Waals surface area contributed by atoms with Crippen LogP contribution in [0.4, 0.5) is 0 Å². The lowest BCUT2D eigenvalue weighted by Gasteiger charge is -2.24. The van der Waals surface area contributed by atoms with Crippen molar-refractivity contribution in [3.8, 4) is 0 Å². The van der Waals surface area contributed by atoms with E-state index >= 15 is 0 Å². The minimum Gasteiger partial charge on any atom is -0.381 e. The molecule has 1 heterocycles. The number of nitrogens with one attached hydrogen (secondary N) is 2. The van der Waals surface area contributed by atoms with E-state index in [0.717, 1.165) is 29.8 Å². The summed E-state index contributed by atoms with van der Waals surface area (Å²) in [4.78, 5) is 49.9. The summed E-state index contributed by atoms with van der Waals surface area (Å²) >= 11 is 0. The van der Waals surface area contributed by atoms with E-state index in [-0.39, 0.29) is 12.8 Å². The van der Waals surface area contributed by atoms with Crippen molar-refractivity contribution in [1.29, 1.82) is 0 Å². The van der Waals surface area contributed by atoms with Gasteiger partial charge in [-0.05, 0) is 50.9 Å². The van der Waals surface area contributed by atoms with E-state index in [9.17, 15) is 19.2 Å². The van der Waals surface area contributed by atoms with Crippen molar-refractivity contribution in [2.45, 2.75) is 38.1 Å². The minimum atomic E-state index is -0.999. The summed E-state index contributed by atoms with van der Waals surface area (Å²) in [6.07, 6.45) is 3.12. The van der Waals surface area contributed by atoms with E-state index in [1.54, 1.807) is 12.1 Å². The van der Waals surface area contributed by atoms with Crippen LogP contribution in [-0.4, -0.2) is 68.8 Å². The fraction of sp³-hybridized carbons (Fsp3) is 0.524. The second-order valence-corrected chi connectivity index (χ2v) is 6.87. The van der Waals surface area contributed by atoms with E-state index in [0.29, 0.717) is 37.0 Å². The first-order chi connectivity index (χ1) is 14.1. The van der Waals surface area contributed by atoms with Crippen LogP contribution < -0.4 is 10.6 Å². The lowest BCUT2D eigenvalue weighted by Crippen LogP contribution is -2.48. The van der Waals surface area contributed by atoms with E-state index in [4.69, 9.17) is 4.74 Å². The Hall–Kier alpha value is -2.58. The molecule has 1 aliphatic heterocycles. The number of hydrogen-bond acceptors (Lipinski definition) is 6. The molecule has 0 fully saturated rings. The molecular formula is C21H29N3O5. The molecule has 0 aliphatic carbocycles. The van der Waals surface area contributed by atoms with Gasteiger partial charge in [0.05, 0.1) is 11.1 Å². The van der Waals surface area contributed by atoms with Gasteiger partial charge in [-0.2, -0.15) is 0 Å². The number of hydrogen-bond donors (Lipinski definition) is 2. The van der Waals surface area contributed by atoms with Crippen LogP contribution in [-0.2, 0) is 20.7 Å². The van der Waals surface area contributed by atoms with E-state index in [2.05, 4.69) is 10.6 Å². The average molecular weight is 403 g/mol. The Kier molecular flexibility index (Phi) is 8.95. The highest BCUT2D eigenvalue weighted by atomic mass is 16.5. The Balaban J connectivity index is 2.11. The molecule has 1 aliphatic rings. The van der Waals surface area contributed by atoms with Gasteiger partial charge in [-0.25, -0.2) is 0 Å².